The normalized spacial score (nSPS) is 23.4. The molecule has 2 amide bonds. The van der Waals surface area contributed by atoms with Crippen LogP contribution in [-0.4, -0.2) is 96.3 Å². The fourth-order valence-corrected chi connectivity index (χ4v) is 5.41. The van der Waals surface area contributed by atoms with E-state index in [2.05, 4.69) is 15.0 Å². The van der Waals surface area contributed by atoms with Gasteiger partial charge >= 0.3 is 0 Å². The minimum Gasteiger partial charge on any atom is -0.382 e. The molecule has 1 aliphatic carbocycles. The van der Waals surface area contributed by atoms with E-state index in [4.69, 9.17) is 9.47 Å². The zero-order chi connectivity index (χ0) is 24.4. The lowest BCUT2D eigenvalue weighted by Crippen LogP contribution is -2.50. The molecule has 188 valence electrons. The average Bonchev–Trinajstić information content (AvgIpc) is 3.33. The number of aromatic nitrogens is 2. The number of amides is 2. The summed E-state index contributed by atoms with van der Waals surface area (Å²) in [6, 6.07) is 0.178. The summed E-state index contributed by atoms with van der Waals surface area (Å²) in [6.45, 7) is 11.1. The molecule has 0 saturated carbocycles. The Labute approximate surface area is 206 Å². The quantitative estimate of drug-likeness (QED) is 0.556. The van der Waals surface area contributed by atoms with Gasteiger partial charge in [-0.1, -0.05) is 11.6 Å². The van der Waals surface area contributed by atoms with Crippen LogP contribution < -0.4 is 0 Å². The molecule has 1 aromatic heterocycles. The molecule has 0 aromatic carbocycles. The number of rotatable bonds is 7. The van der Waals surface area contributed by atoms with Crippen LogP contribution in [0.2, 0.25) is 0 Å². The van der Waals surface area contributed by atoms with Crippen LogP contribution in [0.4, 0.5) is 0 Å². The molecular weight excluding hydrogens is 446 g/mol. The van der Waals surface area contributed by atoms with Gasteiger partial charge in [-0.25, -0.2) is 4.99 Å². The summed E-state index contributed by atoms with van der Waals surface area (Å²) in [5, 5.41) is 4.58. The highest BCUT2D eigenvalue weighted by molar-refractivity contribution is 6.36. The van der Waals surface area contributed by atoms with E-state index in [1.165, 1.54) is 0 Å². The molecule has 1 unspecified atom stereocenters. The van der Waals surface area contributed by atoms with Crippen molar-refractivity contribution in [1.82, 2.24) is 19.6 Å². The Morgan fingerprint density at radius 1 is 1.20 bits per heavy atom. The van der Waals surface area contributed by atoms with Crippen molar-refractivity contribution in [3.8, 4) is 0 Å². The fraction of sp³-hybridized carbons (Fsp3) is 0.615. The number of carbonyl (C=O) groups excluding carboxylic acids is 2. The third-order valence-corrected chi connectivity index (χ3v) is 7.42. The highest BCUT2D eigenvalue weighted by Crippen LogP contribution is 2.36. The zero-order valence-corrected chi connectivity index (χ0v) is 20.7. The van der Waals surface area contributed by atoms with Gasteiger partial charge in [0.2, 0.25) is 5.91 Å². The van der Waals surface area contributed by atoms with Gasteiger partial charge in [-0.2, -0.15) is 5.10 Å². The molecule has 0 bridgehead atoms. The maximum Gasteiger partial charge on any atom is 0.281 e. The Bertz CT molecular complexity index is 1060. The second kappa shape index (κ2) is 10.6. The largest absolute Gasteiger partial charge is 0.382 e. The van der Waals surface area contributed by atoms with Crippen molar-refractivity contribution in [3.05, 3.63) is 35.2 Å². The first-order valence-corrected chi connectivity index (χ1v) is 12.8. The Hall–Kier alpha value is -2.62. The minimum absolute atomic E-state index is 0.120. The molecule has 1 atom stereocenters. The molecule has 35 heavy (non-hydrogen) atoms. The number of hydrogen-bond donors (Lipinski definition) is 0. The van der Waals surface area contributed by atoms with E-state index in [1.54, 1.807) is 6.20 Å². The molecule has 0 radical (unpaired) electrons. The maximum absolute atomic E-state index is 13.6. The van der Waals surface area contributed by atoms with Crippen LogP contribution in [0.3, 0.4) is 0 Å². The highest BCUT2D eigenvalue weighted by Gasteiger charge is 2.36. The van der Waals surface area contributed by atoms with Gasteiger partial charge in [0.05, 0.1) is 35.1 Å². The molecule has 3 aliphatic heterocycles. The topological polar surface area (TPSA) is 89.3 Å². The van der Waals surface area contributed by atoms with Crippen molar-refractivity contribution in [2.75, 3.05) is 59.2 Å². The van der Waals surface area contributed by atoms with E-state index in [1.807, 2.05) is 35.6 Å². The van der Waals surface area contributed by atoms with Crippen LogP contribution in [0.25, 0.3) is 5.57 Å². The maximum atomic E-state index is 13.6. The number of ether oxygens (including phenoxy) is 2. The van der Waals surface area contributed by atoms with E-state index in [0.717, 1.165) is 82.0 Å². The number of piperazine rings is 1. The minimum atomic E-state index is -0.354. The summed E-state index contributed by atoms with van der Waals surface area (Å²) < 4.78 is 12.9. The van der Waals surface area contributed by atoms with Crippen LogP contribution in [-0.2, 0) is 14.3 Å². The monoisotopic (exact) mass is 481 g/mol. The predicted molar refractivity (Wildman–Crippen MR) is 132 cm³/mol. The molecule has 4 heterocycles. The first kappa shape index (κ1) is 24.1. The van der Waals surface area contributed by atoms with Crippen LogP contribution in [0.5, 0.6) is 0 Å². The van der Waals surface area contributed by atoms with Crippen molar-refractivity contribution in [2.24, 2.45) is 10.9 Å². The summed E-state index contributed by atoms with van der Waals surface area (Å²) in [6.07, 6.45) is 8.27. The van der Waals surface area contributed by atoms with Crippen molar-refractivity contribution in [2.45, 2.75) is 39.2 Å². The summed E-state index contributed by atoms with van der Waals surface area (Å²) in [4.78, 5) is 35.0. The lowest BCUT2D eigenvalue weighted by atomic mass is 9.84. The van der Waals surface area contributed by atoms with E-state index in [9.17, 15) is 9.59 Å². The van der Waals surface area contributed by atoms with Crippen molar-refractivity contribution in [3.63, 3.8) is 0 Å². The summed E-state index contributed by atoms with van der Waals surface area (Å²) >= 11 is 0. The third-order valence-electron chi connectivity index (χ3n) is 7.42. The number of carbonyl (C=O) groups is 2. The molecule has 9 nitrogen and oxygen atoms in total. The molecular formula is C26H35N5O4. The van der Waals surface area contributed by atoms with Gasteiger partial charge in [0.1, 0.15) is 0 Å². The molecule has 2 fully saturated rings. The van der Waals surface area contributed by atoms with E-state index in [0.29, 0.717) is 24.5 Å². The van der Waals surface area contributed by atoms with Gasteiger partial charge in [0.25, 0.3) is 5.91 Å². The molecule has 4 aliphatic rings. The standard InChI is InChI=1S/C26H35N5O4/c1-3-34-12-4-7-29-8-10-30(11-9-29)26(33)20-16-21-23(15-18(20)2)28-25(32)22-17-27-31(24(21)22)19-5-13-35-14-6-19/h15-17,19-20H,3-14H2,1-2H3. The number of hydrogen-bond acceptors (Lipinski definition) is 6. The van der Waals surface area contributed by atoms with Crippen LogP contribution in [0.15, 0.2) is 28.9 Å². The highest BCUT2D eigenvalue weighted by atomic mass is 16.5. The van der Waals surface area contributed by atoms with Crippen LogP contribution >= 0.6 is 0 Å². The van der Waals surface area contributed by atoms with E-state index < -0.39 is 0 Å². The Kier molecular flexibility index (Phi) is 7.27. The van der Waals surface area contributed by atoms with Crippen LogP contribution in [0, 0.1) is 5.92 Å². The van der Waals surface area contributed by atoms with Gasteiger partial charge in [-0.05, 0) is 39.2 Å². The molecule has 1 aromatic rings. The zero-order valence-electron chi connectivity index (χ0n) is 20.7. The van der Waals surface area contributed by atoms with E-state index in [-0.39, 0.29) is 23.8 Å². The third kappa shape index (κ3) is 4.90. The first-order valence-electron chi connectivity index (χ1n) is 12.8. The van der Waals surface area contributed by atoms with Crippen molar-refractivity contribution in [1.29, 1.82) is 0 Å². The van der Waals surface area contributed by atoms with Crippen LogP contribution in [0.1, 0.15) is 55.2 Å². The first-order chi connectivity index (χ1) is 17.1. The smallest absolute Gasteiger partial charge is 0.281 e. The van der Waals surface area contributed by atoms with Gasteiger partial charge in [0.15, 0.2) is 0 Å². The SMILES string of the molecule is CCOCCCN1CCN(C(=O)C2C=C3C(=NC(=O)c4cnn(C5CCOCC5)c43)C=C2C)CC1. The summed E-state index contributed by atoms with van der Waals surface area (Å²) in [5.41, 5.74) is 3.72. The second-order valence-corrected chi connectivity index (χ2v) is 9.66. The Balaban J connectivity index is 1.33. The predicted octanol–water partition coefficient (Wildman–Crippen LogP) is 2.36. The number of nitrogens with zero attached hydrogens (tertiary/aromatic N) is 5. The number of allylic oxidation sites excluding steroid dienone is 2. The Morgan fingerprint density at radius 2 is 1.97 bits per heavy atom. The van der Waals surface area contributed by atoms with Crippen molar-refractivity contribution < 1.29 is 19.1 Å². The fourth-order valence-electron chi connectivity index (χ4n) is 5.41. The second-order valence-electron chi connectivity index (χ2n) is 9.66. The molecule has 0 N–H and O–H groups in total. The van der Waals surface area contributed by atoms with Crippen molar-refractivity contribution >= 4 is 23.1 Å². The Morgan fingerprint density at radius 3 is 2.71 bits per heavy atom. The molecule has 9 heteroatoms. The summed E-state index contributed by atoms with van der Waals surface area (Å²) in [7, 11) is 0. The lowest BCUT2D eigenvalue weighted by molar-refractivity contribution is -0.134. The molecule has 2 saturated heterocycles. The average molecular weight is 482 g/mol. The summed E-state index contributed by atoms with van der Waals surface area (Å²) in [5.74, 6) is -0.498. The van der Waals surface area contributed by atoms with Gasteiger partial charge in [-0.3, -0.25) is 19.2 Å². The number of aliphatic imine (C=N–C) groups is 1. The van der Waals surface area contributed by atoms with Gasteiger partial charge in [-0.15, -0.1) is 0 Å². The molecule has 5 rings (SSSR count). The number of fused-ring (bicyclic) bond motifs is 3. The molecule has 0 spiro atoms. The van der Waals surface area contributed by atoms with E-state index >= 15 is 0 Å². The lowest BCUT2D eigenvalue weighted by Gasteiger charge is -2.37. The van der Waals surface area contributed by atoms with Gasteiger partial charge < -0.3 is 14.4 Å². The van der Waals surface area contributed by atoms with Gasteiger partial charge in [0, 0.05) is 64.7 Å².